The molecular formula is C25H25F2N3O4S2. The number of anilines is 1. The smallest absolute Gasteiger partial charge is 0.387 e. The molecule has 11 heteroatoms. The minimum absolute atomic E-state index is 0.0475. The Morgan fingerprint density at radius 2 is 2.03 bits per heavy atom. The summed E-state index contributed by atoms with van der Waals surface area (Å²) in [5.74, 6) is -0.0526. The van der Waals surface area contributed by atoms with Gasteiger partial charge in [0.15, 0.2) is 5.16 Å². The van der Waals surface area contributed by atoms with Crippen LogP contribution in [0.2, 0.25) is 0 Å². The van der Waals surface area contributed by atoms with Crippen molar-refractivity contribution in [3.63, 3.8) is 0 Å². The third-order valence-corrected chi connectivity index (χ3v) is 7.62. The summed E-state index contributed by atoms with van der Waals surface area (Å²) in [4.78, 5) is 35.2. The monoisotopic (exact) mass is 533 g/mol. The molecule has 0 aliphatic heterocycles. The van der Waals surface area contributed by atoms with Crippen molar-refractivity contribution in [3.8, 4) is 17.0 Å². The number of carbonyl (C=O) groups is 2. The normalized spacial score (nSPS) is 14.9. The van der Waals surface area contributed by atoms with Crippen molar-refractivity contribution >= 4 is 40.0 Å². The number of carbonyl (C=O) groups excluding carboxylic acids is 2. The molecule has 1 aliphatic rings. The maximum Gasteiger partial charge on any atom is 0.387 e. The van der Waals surface area contributed by atoms with E-state index in [1.54, 1.807) is 31.3 Å². The number of hydrogen-bond acceptors (Lipinski definition) is 8. The van der Waals surface area contributed by atoms with Crippen LogP contribution >= 0.6 is 23.1 Å². The number of halogens is 2. The number of esters is 1. The molecule has 3 aromatic rings. The van der Waals surface area contributed by atoms with Crippen LogP contribution in [0.1, 0.15) is 41.1 Å². The highest BCUT2D eigenvalue weighted by atomic mass is 32.2. The Bertz CT molecular complexity index is 1230. The molecule has 1 N–H and O–H groups in total. The third-order valence-electron chi connectivity index (χ3n) is 5.59. The molecular weight excluding hydrogens is 508 g/mol. The van der Waals surface area contributed by atoms with Gasteiger partial charge in [-0.05, 0) is 68.0 Å². The zero-order chi connectivity index (χ0) is 25.7. The Balaban J connectivity index is 1.43. The van der Waals surface area contributed by atoms with E-state index < -0.39 is 12.6 Å². The highest BCUT2D eigenvalue weighted by molar-refractivity contribution is 7.99. The van der Waals surface area contributed by atoms with Crippen molar-refractivity contribution in [2.45, 2.75) is 44.9 Å². The van der Waals surface area contributed by atoms with Gasteiger partial charge in [0.25, 0.3) is 0 Å². The summed E-state index contributed by atoms with van der Waals surface area (Å²) >= 11 is 2.60. The highest BCUT2D eigenvalue weighted by Crippen LogP contribution is 2.40. The van der Waals surface area contributed by atoms with Gasteiger partial charge in [-0.1, -0.05) is 18.7 Å². The average molecular weight is 534 g/mol. The Hall–Kier alpha value is -3.05. The predicted octanol–water partition coefficient (Wildman–Crippen LogP) is 5.84. The summed E-state index contributed by atoms with van der Waals surface area (Å²) in [5.41, 5.74) is 2.74. The fraction of sp³-hybridized carbons (Fsp3) is 0.360. The maximum atomic E-state index is 12.8. The molecule has 1 aromatic carbocycles. The number of nitrogens with zero attached hydrogens (tertiary/aromatic N) is 2. The molecule has 7 nitrogen and oxygen atoms in total. The fourth-order valence-corrected chi connectivity index (χ4v) is 5.97. The van der Waals surface area contributed by atoms with Crippen LogP contribution in [-0.2, 0) is 22.4 Å². The molecule has 4 rings (SSSR count). The number of hydrogen-bond donors (Lipinski definition) is 1. The van der Waals surface area contributed by atoms with Crippen LogP contribution in [0.15, 0.2) is 41.7 Å². The van der Waals surface area contributed by atoms with Crippen LogP contribution in [0.5, 0.6) is 5.75 Å². The first-order valence-corrected chi connectivity index (χ1v) is 13.3. The summed E-state index contributed by atoms with van der Waals surface area (Å²) in [6.45, 7) is 1.31. The van der Waals surface area contributed by atoms with Gasteiger partial charge in [0.2, 0.25) is 5.91 Å². The molecule has 1 aliphatic carbocycles. The van der Waals surface area contributed by atoms with Gasteiger partial charge in [0.05, 0.1) is 23.6 Å². The molecule has 36 heavy (non-hydrogen) atoms. The van der Waals surface area contributed by atoms with E-state index in [1.165, 1.54) is 23.5 Å². The number of alkyl halides is 2. The standard InChI is InChI=1S/C25H25F2N3O4S2/c1-3-33-23(32)21-17-9-4-14(2)12-19(17)36-22(21)30-20(31)13-35-25-28-11-10-18(29-25)15-5-7-16(8-6-15)34-24(26)27/h5-8,10-11,14,24H,3-4,9,12-13H2,1-2H3,(H,30,31)/t14-/m0/s1. The van der Waals surface area contributed by atoms with Crippen molar-refractivity contribution in [3.05, 3.63) is 52.5 Å². The second-order valence-electron chi connectivity index (χ2n) is 8.24. The zero-order valence-corrected chi connectivity index (χ0v) is 21.4. The van der Waals surface area contributed by atoms with Gasteiger partial charge in [0.1, 0.15) is 10.8 Å². The lowest BCUT2D eigenvalue weighted by Gasteiger charge is -2.18. The number of nitrogens with one attached hydrogen (secondary N) is 1. The second kappa shape index (κ2) is 11.8. The molecule has 1 atom stereocenters. The number of thiophene rings is 1. The van der Waals surface area contributed by atoms with E-state index in [2.05, 4.69) is 26.9 Å². The lowest BCUT2D eigenvalue weighted by atomic mass is 9.88. The minimum Gasteiger partial charge on any atom is -0.462 e. The predicted molar refractivity (Wildman–Crippen MR) is 135 cm³/mol. The average Bonchev–Trinajstić information content (AvgIpc) is 3.20. The van der Waals surface area contributed by atoms with E-state index in [-0.39, 0.29) is 24.0 Å². The van der Waals surface area contributed by atoms with E-state index in [0.717, 1.165) is 41.5 Å². The summed E-state index contributed by atoms with van der Waals surface area (Å²) in [6, 6.07) is 7.81. The number of thioether (sulfide) groups is 1. The first-order valence-electron chi connectivity index (χ1n) is 11.5. The van der Waals surface area contributed by atoms with E-state index in [4.69, 9.17) is 4.74 Å². The molecule has 1 amide bonds. The number of amides is 1. The van der Waals surface area contributed by atoms with Crippen LogP contribution in [0.25, 0.3) is 11.3 Å². The van der Waals surface area contributed by atoms with Crippen LogP contribution in [0.3, 0.4) is 0 Å². The maximum absolute atomic E-state index is 12.8. The molecule has 0 spiro atoms. The largest absolute Gasteiger partial charge is 0.462 e. The molecule has 0 saturated heterocycles. The molecule has 2 aromatic heterocycles. The number of fused-ring (bicyclic) bond motifs is 1. The van der Waals surface area contributed by atoms with Crippen molar-refractivity contribution in [2.24, 2.45) is 5.92 Å². The van der Waals surface area contributed by atoms with E-state index >= 15 is 0 Å². The third kappa shape index (κ3) is 6.38. The first-order chi connectivity index (χ1) is 17.3. The van der Waals surface area contributed by atoms with Crippen molar-refractivity contribution < 1.29 is 27.8 Å². The van der Waals surface area contributed by atoms with Crippen LogP contribution in [-0.4, -0.2) is 40.8 Å². The molecule has 0 bridgehead atoms. The van der Waals surface area contributed by atoms with Crippen molar-refractivity contribution in [1.82, 2.24) is 9.97 Å². The highest BCUT2D eigenvalue weighted by Gasteiger charge is 2.29. The van der Waals surface area contributed by atoms with Gasteiger partial charge in [0, 0.05) is 16.6 Å². The number of benzene rings is 1. The Morgan fingerprint density at radius 1 is 1.25 bits per heavy atom. The zero-order valence-electron chi connectivity index (χ0n) is 19.8. The van der Waals surface area contributed by atoms with Gasteiger partial charge in [-0.15, -0.1) is 11.3 Å². The molecule has 0 radical (unpaired) electrons. The first kappa shape index (κ1) is 26.0. The van der Waals surface area contributed by atoms with Crippen LogP contribution < -0.4 is 10.1 Å². The van der Waals surface area contributed by atoms with Gasteiger partial charge in [-0.2, -0.15) is 8.78 Å². The van der Waals surface area contributed by atoms with Gasteiger partial charge < -0.3 is 14.8 Å². The SMILES string of the molecule is CCOC(=O)c1c(NC(=O)CSc2nccc(-c3ccc(OC(F)F)cc3)n2)sc2c1CC[C@H](C)C2. The summed E-state index contributed by atoms with van der Waals surface area (Å²) in [7, 11) is 0. The quantitative estimate of drug-likeness (QED) is 0.210. The second-order valence-corrected chi connectivity index (χ2v) is 10.3. The Labute approximate surface area is 215 Å². The minimum atomic E-state index is -2.89. The molecule has 0 saturated carbocycles. The lowest BCUT2D eigenvalue weighted by molar-refractivity contribution is -0.113. The van der Waals surface area contributed by atoms with E-state index in [0.29, 0.717) is 32.9 Å². The van der Waals surface area contributed by atoms with E-state index in [1.807, 2.05) is 0 Å². The van der Waals surface area contributed by atoms with Crippen molar-refractivity contribution in [2.75, 3.05) is 17.7 Å². The summed E-state index contributed by atoms with van der Waals surface area (Å²) in [6.07, 6.45) is 4.24. The Morgan fingerprint density at radius 3 is 2.75 bits per heavy atom. The summed E-state index contributed by atoms with van der Waals surface area (Å²) in [5, 5.41) is 3.80. The van der Waals surface area contributed by atoms with Crippen LogP contribution in [0.4, 0.5) is 13.8 Å². The molecule has 2 heterocycles. The van der Waals surface area contributed by atoms with Gasteiger partial charge >= 0.3 is 12.6 Å². The lowest BCUT2D eigenvalue weighted by Crippen LogP contribution is -2.17. The fourth-order valence-electron chi connectivity index (χ4n) is 3.93. The molecule has 0 fully saturated rings. The topological polar surface area (TPSA) is 90.4 Å². The molecule has 0 unspecified atom stereocenters. The van der Waals surface area contributed by atoms with Crippen LogP contribution in [0, 0.1) is 5.92 Å². The number of ether oxygens (including phenoxy) is 2. The van der Waals surface area contributed by atoms with E-state index in [9.17, 15) is 18.4 Å². The number of rotatable bonds is 9. The Kier molecular flexibility index (Phi) is 8.52. The van der Waals surface area contributed by atoms with Crippen molar-refractivity contribution in [1.29, 1.82) is 0 Å². The summed E-state index contributed by atoms with van der Waals surface area (Å²) < 4.78 is 34.3. The van der Waals surface area contributed by atoms with Gasteiger partial charge in [-0.3, -0.25) is 4.79 Å². The number of aromatic nitrogens is 2. The molecule has 190 valence electrons. The van der Waals surface area contributed by atoms with Gasteiger partial charge in [-0.25, -0.2) is 14.8 Å².